The number of pyridine rings is 1. The summed E-state index contributed by atoms with van der Waals surface area (Å²) in [6.07, 6.45) is 0. The molecule has 0 atom stereocenters. The van der Waals surface area contributed by atoms with E-state index in [1.165, 1.54) is 54.2 Å². The number of nitrogens with zero attached hydrogens (tertiary/aromatic N) is 6. The summed E-state index contributed by atoms with van der Waals surface area (Å²) in [5.41, 5.74) is 28.3. The van der Waals surface area contributed by atoms with E-state index in [-0.39, 0.29) is 0 Å². The number of para-hydroxylation sites is 7. The van der Waals surface area contributed by atoms with Crippen molar-refractivity contribution in [3.63, 3.8) is 0 Å². The van der Waals surface area contributed by atoms with Crippen molar-refractivity contribution in [3.8, 4) is 118 Å². The van der Waals surface area contributed by atoms with Crippen LogP contribution in [0.5, 0.6) is 0 Å². The Morgan fingerprint density at radius 3 is 0.843 bits per heavy atom. The van der Waals surface area contributed by atoms with E-state index in [1.54, 1.807) is 0 Å². The highest BCUT2D eigenvalue weighted by Crippen LogP contribution is 2.55. The zero-order chi connectivity index (χ0) is 71.3. The molecule has 0 bridgehead atoms. The molecule has 0 fully saturated rings. The Bertz CT molecular complexity index is 7020. The third kappa shape index (κ3) is 9.91. The summed E-state index contributed by atoms with van der Waals surface area (Å²) in [7, 11) is 0. The first-order valence-corrected chi connectivity index (χ1v) is 36.8. The first-order chi connectivity index (χ1) is 53.6. The zero-order valence-electron chi connectivity index (χ0n) is 58.6. The number of hydrogen-bond acceptors (Lipinski definition) is 2. The number of aromatic nitrogens is 5. The van der Waals surface area contributed by atoms with Gasteiger partial charge >= 0.3 is 0 Å². The smallest absolute Gasteiger partial charge is 0.100 e. The standard InChI is InChI=1S/C102H64N6/c103-65-87-97(68-44-53-74(54-45-68)105-89-37-17-10-30-78(89)79-31-11-18-38-90(79)105)98(69-46-55-75(56-47-69)106-91-39-19-12-32-80(91)81-33-13-20-40-92(81)106)99(70-48-57-77(58-49-70)108-95-43-23-16-36-84(95)86-64-73(52-63-96(86)108)66-24-4-1-5-25-66)100(71-50-59-76(60-51-71)107-93-41-21-14-34-82(93)83-35-15-22-42-94(83)107)101(87)85-61-62-88(67-26-6-2-7-27-67)104-102(85)72-28-8-3-9-29-72/h1-64H. The minimum Gasteiger partial charge on any atom is -0.309 e. The second-order valence-corrected chi connectivity index (χ2v) is 27.9. The molecule has 502 valence electrons. The minimum atomic E-state index is 0.523. The fraction of sp³-hybridized carbons (Fsp3) is 0. The second kappa shape index (κ2) is 25.4. The Morgan fingerprint density at radius 2 is 0.481 bits per heavy atom. The molecular weight excluding hydrogens is 1310 g/mol. The van der Waals surface area contributed by atoms with Crippen molar-refractivity contribution in [3.05, 3.63) is 394 Å². The van der Waals surface area contributed by atoms with E-state index < -0.39 is 0 Å². The third-order valence-corrected chi connectivity index (χ3v) is 22.1. The van der Waals surface area contributed by atoms with Crippen LogP contribution in [0.15, 0.2) is 388 Å². The summed E-state index contributed by atoms with van der Waals surface area (Å²) < 4.78 is 9.53. The fourth-order valence-electron chi connectivity index (χ4n) is 17.3. The highest BCUT2D eigenvalue weighted by molar-refractivity contribution is 6.16. The van der Waals surface area contributed by atoms with Crippen molar-refractivity contribution in [2.45, 2.75) is 0 Å². The maximum Gasteiger partial charge on any atom is 0.100 e. The molecule has 21 rings (SSSR count). The van der Waals surface area contributed by atoms with Crippen LogP contribution in [0.2, 0.25) is 0 Å². The highest BCUT2D eigenvalue weighted by Gasteiger charge is 2.32. The van der Waals surface area contributed by atoms with Crippen LogP contribution in [0.4, 0.5) is 0 Å². The molecule has 0 saturated carbocycles. The van der Waals surface area contributed by atoms with E-state index in [0.29, 0.717) is 5.56 Å². The Labute approximate surface area is 623 Å². The maximum atomic E-state index is 13.0. The Hall–Kier alpha value is -14.6. The topological polar surface area (TPSA) is 56.4 Å². The van der Waals surface area contributed by atoms with Crippen LogP contribution in [0.1, 0.15) is 5.56 Å². The van der Waals surface area contributed by atoms with Crippen molar-refractivity contribution in [2.24, 2.45) is 0 Å². The lowest BCUT2D eigenvalue weighted by Gasteiger charge is -2.27. The van der Waals surface area contributed by atoms with E-state index in [4.69, 9.17) is 4.98 Å². The predicted molar refractivity (Wildman–Crippen MR) is 450 cm³/mol. The molecule has 0 aliphatic heterocycles. The van der Waals surface area contributed by atoms with Gasteiger partial charge in [-0.25, -0.2) is 4.98 Å². The first kappa shape index (κ1) is 62.0. The quantitative estimate of drug-likeness (QED) is 0.122. The molecule has 0 aliphatic rings. The van der Waals surface area contributed by atoms with Crippen LogP contribution in [-0.4, -0.2) is 23.3 Å². The number of rotatable bonds is 12. The van der Waals surface area contributed by atoms with Crippen molar-refractivity contribution >= 4 is 87.2 Å². The molecule has 5 aromatic heterocycles. The van der Waals surface area contributed by atoms with Gasteiger partial charge in [-0.1, -0.05) is 273 Å². The van der Waals surface area contributed by atoms with Crippen LogP contribution in [0.25, 0.3) is 199 Å². The van der Waals surface area contributed by atoms with Gasteiger partial charge in [0.1, 0.15) is 6.07 Å². The Balaban J connectivity index is 0.887. The summed E-state index contributed by atoms with van der Waals surface area (Å²) in [5.74, 6) is 0. The predicted octanol–water partition coefficient (Wildman–Crippen LogP) is 26.7. The highest BCUT2D eigenvalue weighted by atomic mass is 15.0. The van der Waals surface area contributed by atoms with Crippen LogP contribution in [0.3, 0.4) is 0 Å². The summed E-state index contributed by atoms with van der Waals surface area (Å²) in [6, 6.07) is 143. The van der Waals surface area contributed by atoms with Gasteiger partial charge in [0.15, 0.2) is 0 Å². The van der Waals surface area contributed by atoms with Gasteiger partial charge in [-0.05, 0) is 165 Å². The molecule has 6 heteroatoms. The average Bonchev–Trinajstić information content (AvgIpc) is 1.35. The monoisotopic (exact) mass is 1370 g/mol. The molecule has 108 heavy (non-hydrogen) atoms. The third-order valence-electron chi connectivity index (χ3n) is 22.1. The molecule has 0 amide bonds. The first-order valence-electron chi connectivity index (χ1n) is 36.8. The van der Waals surface area contributed by atoms with Gasteiger partial charge in [-0.15, -0.1) is 0 Å². The van der Waals surface area contributed by atoms with Crippen molar-refractivity contribution in [1.29, 1.82) is 5.26 Å². The normalized spacial score (nSPS) is 11.7. The lowest BCUT2D eigenvalue weighted by atomic mass is 9.75. The number of benzene rings is 16. The summed E-state index contributed by atoms with van der Waals surface area (Å²) >= 11 is 0. The van der Waals surface area contributed by atoms with Gasteiger partial charge in [0, 0.05) is 93.7 Å². The van der Waals surface area contributed by atoms with Gasteiger partial charge in [-0.3, -0.25) is 0 Å². The Morgan fingerprint density at radius 1 is 0.204 bits per heavy atom. The molecule has 0 radical (unpaired) electrons. The number of hydrogen-bond donors (Lipinski definition) is 0. The summed E-state index contributed by atoms with van der Waals surface area (Å²) in [4.78, 5) is 5.75. The number of fused-ring (bicyclic) bond motifs is 12. The summed E-state index contributed by atoms with van der Waals surface area (Å²) in [5, 5.41) is 22.5. The van der Waals surface area contributed by atoms with E-state index in [2.05, 4.69) is 407 Å². The van der Waals surface area contributed by atoms with Crippen molar-refractivity contribution in [1.82, 2.24) is 23.3 Å². The van der Waals surface area contributed by atoms with Crippen LogP contribution in [0, 0.1) is 11.3 Å². The second-order valence-electron chi connectivity index (χ2n) is 27.9. The lowest BCUT2D eigenvalue weighted by Crippen LogP contribution is -2.05. The van der Waals surface area contributed by atoms with E-state index in [0.717, 1.165) is 145 Å². The van der Waals surface area contributed by atoms with Crippen LogP contribution in [-0.2, 0) is 0 Å². The molecule has 0 N–H and O–H groups in total. The molecule has 5 heterocycles. The minimum absolute atomic E-state index is 0.523. The van der Waals surface area contributed by atoms with Gasteiger partial charge < -0.3 is 18.3 Å². The molecule has 0 unspecified atom stereocenters. The molecule has 0 saturated heterocycles. The maximum absolute atomic E-state index is 13.0. The van der Waals surface area contributed by atoms with Gasteiger partial charge in [0.25, 0.3) is 0 Å². The molecule has 21 aromatic rings. The van der Waals surface area contributed by atoms with Crippen LogP contribution >= 0.6 is 0 Å². The van der Waals surface area contributed by atoms with Crippen LogP contribution < -0.4 is 0 Å². The molecule has 0 spiro atoms. The average molecular weight is 1370 g/mol. The fourth-order valence-corrected chi connectivity index (χ4v) is 17.3. The molecule has 6 nitrogen and oxygen atoms in total. The lowest BCUT2D eigenvalue weighted by molar-refractivity contribution is 1.18. The van der Waals surface area contributed by atoms with Crippen molar-refractivity contribution < 1.29 is 0 Å². The van der Waals surface area contributed by atoms with Gasteiger partial charge in [0.05, 0.1) is 61.1 Å². The van der Waals surface area contributed by atoms with E-state index in [9.17, 15) is 5.26 Å². The SMILES string of the molecule is N#Cc1c(-c2ccc(-n3c4ccccc4c4ccccc43)cc2)c(-c2ccc(-n3c4ccccc4c4ccccc43)cc2)c(-c2ccc(-n3c4ccccc4c4cc(-c5ccccc5)ccc43)cc2)c(-c2ccc(-n3c4ccccc4c4ccccc43)cc2)c1-c1ccc(-c2ccccc2)nc1-c1ccccc1. The van der Waals surface area contributed by atoms with Gasteiger partial charge in [-0.2, -0.15) is 5.26 Å². The van der Waals surface area contributed by atoms with E-state index in [1.807, 2.05) is 6.07 Å². The van der Waals surface area contributed by atoms with E-state index >= 15 is 0 Å². The van der Waals surface area contributed by atoms with Crippen molar-refractivity contribution in [2.75, 3.05) is 0 Å². The van der Waals surface area contributed by atoms with Gasteiger partial charge in [0.2, 0.25) is 0 Å². The largest absolute Gasteiger partial charge is 0.309 e. The molecule has 16 aromatic carbocycles. The number of nitriles is 1. The molecular formula is C102H64N6. The zero-order valence-corrected chi connectivity index (χ0v) is 58.6. The Kier molecular flexibility index (Phi) is 14.6. The summed E-state index contributed by atoms with van der Waals surface area (Å²) in [6.45, 7) is 0. The molecule has 0 aliphatic carbocycles.